The lowest BCUT2D eigenvalue weighted by Gasteiger charge is -2.43. The molecule has 2 aliphatic rings. The fraction of sp³-hybridized carbons (Fsp3) is 0.857. The van der Waals surface area contributed by atoms with E-state index in [-0.39, 0.29) is 5.60 Å². The Labute approximate surface area is 99.4 Å². The van der Waals surface area contributed by atoms with Gasteiger partial charge in [-0.2, -0.15) is 0 Å². The molecule has 1 saturated carbocycles. The lowest BCUT2D eigenvalue weighted by molar-refractivity contribution is -0.108. The van der Waals surface area contributed by atoms with Crippen molar-refractivity contribution >= 4 is 0 Å². The van der Waals surface area contributed by atoms with E-state index in [0.717, 1.165) is 19.6 Å². The highest BCUT2D eigenvalue weighted by molar-refractivity contribution is 4.96. The molecule has 1 N–H and O–H groups in total. The number of rotatable bonds is 3. The fourth-order valence-electron chi connectivity index (χ4n) is 3.07. The van der Waals surface area contributed by atoms with E-state index in [2.05, 4.69) is 18.8 Å². The molecular formula is C14H25NO. The van der Waals surface area contributed by atoms with Gasteiger partial charge in [-0.25, -0.2) is 0 Å². The van der Waals surface area contributed by atoms with Crippen LogP contribution in [0.3, 0.4) is 0 Å². The van der Waals surface area contributed by atoms with Gasteiger partial charge in [0.05, 0.1) is 5.60 Å². The topological polar surface area (TPSA) is 21.3 Å². The number of hydrogen-bond donors (Lipinski definition) is 1. The summed E-state index contributed by atoms with van der Waals surface area (Å²) in [5, 5.41) is 3.61. The molecule has 1 saturated heterocycles. The molecule has 1 aliphatic heterocycles. The molecule has 0 aromatic carbocycles. The lowest BCUT2D eigenvalue weighted by atomic mass is 9.78. The molecule has 92 valence electrons. The summed E-state index contributed by atoms with van der Waals surface area (Å²) >= 11 is 0. The normalized spacial score (nSPS) is 29.2. The summed E-state index contributed by atoms with van der Waals surface area (Å²) in [6, 6.07) is 0.642. The Balaban J connectivity index is 1.85. The average Bonchev–Trinajstić information content (AvgIpc) is 2.28. The monoisotopic (exact) mass is 223 g/mol. The van der Waals surface area contributed by atoms with Crippen molar-refractivity contribution in [3.8, 4) is 0 Å². The second-order valence-corrected chi connectivity index (χ2v) is 5.62. The van der Waals surface area contributed by atoms with E-state index in [1.54, 1.807) is 0 Å². The van der Waals surface area contributed by atoms with Crippen molar-refractivity contribution < 1.29 is 4.74 Å². The van der Waals surface area contributed by atoms with E-state index in [1.807, 2.05) is 0 Å². The number of nitrogens with one attached hydrogen (secondary N) is 1. The summed E-state index contributed by atoms with van der Waals surface area (Å²) in [5.41, 5.74) is 1.45. The molecule has 1 aliphatic carbocycles. The zero-order valence-electron chi connectivity index (χ0n) is 10.6. The standard InChI is InChI=1S/C14H25NO/c1-12(2)11-15-13-6-9-16-14(10-13)7-4-3-5-8-14/h13,15H,1,3-11H2,2H3. The molecule has 2 fully saturated rings. The molecular weight excluding hydrogens is 198 g/mol. The van der Waals surface area contributed by atoms with Crippen LogP contribution in [0.25, 0.3) is 0 Å². The van der Waals surface area contributed by atoms with Crippen molar-refractivity contribution in [2.24, 2.45) is 0 Å². The van der Waals surface area contributed by atoms with Crippen LogP contribution in [0.1, 0.15) is 51.9 Å². The first-order valence-electron chi connectivity index (χ1n) is 6.72. The van der Waals surface area contributed by atoms with Gasteiger partial charge in [0.15, 0.2) is 0 Å². The number of hydrogen-bond acceptors (Lipinski definition) is 2. The van der Waals surface area contributed by atoms with Crippen molar-refractivity contribution in [3.05, 3.63) is 12.2 Å². The van der Waals surface area contributed by atoms with Crippen molar-refractivity contribution in [1.82, 2.24) is 5.32 Å². The van der Waals surface area contributed by atoms with Gasteiger partial charge in [-0.05, 0) is 32.6 Å². The molecule has 16 heavy (non-hydrogen) atoms. The van der Waals surface area contributed by atoms with Crippen LogP contribution in [-0.2, 0) is 4.74 Å². The van der Waals surface area contributed by atoms with Crippen molar-refractivity contribution in [2.75, 3.05) is 13.2 Å². The van der Waals surface area contributed by atoms with Crippen LogP contribution in [0.2, 0.25) is 0 Å². The van der Waals surface area contributed by atoms with Crippen LogP contribution in [0.5, 0.6) is 0 Å². The van der Waals surface area contributed by atoms with Crippen LogP contribution in [-0.4, -0.2) is 24.8 Å². The summed E-state index contributed by atoms with van der Waals surface area (Å²) < 4.78 is 6.08. The van der Waals surface area contributed by atoms with Gasteiger partial charge in [0.25, 0.3) is 0 Å². The van der Waals surface area contributed by atoms with Crippen LogP contribution in [0.15, 0.2) is 12.2 Å². The molecule has 1 atom stereocenters. The molecule has 0 bridgehead atoms. The molecule has 0 amide bonds. The molecule has 1 spiro atoms. The quantitative estimate of drug-likeness (QED) is 0.743. The Morgan fingerprint density at radius 1 is 1.38 bits per heavy atom. The van der Waals surface area contributed by atoms with Gasteiger partial charge in [-0.1, -0.05) is 31.4 Å². The highest BCUT2D eigenvalue weighted by Gasteiger charge is 2.38. The molecule has 1 heterocycles. The summed E-state index contributed by atoms with van der Waals surface area (Å²) in [5.74, 6) is 0. The second-order valence-electron chi connectivity index (χ2n) is 5.62. The zero-order chi connectivity index (χ0) is 11.4. The summed E-state index contributed by atoms with van der Waals surface area (Å²) in [6.45, 7) is 7.93. The highest BCUT2D eigenvalue weighted by atomic mass is 16.5. The Kier molecular flexibility index (Phi) is 4.04. The molecule has 2 nitrogen and oxygen atoms in total. The van der Waals surface area contributed by atoms with E-state index < -0.39 is 0 Å². The van der Waals surface area contributed by atoms with Gasteiger partial charge in [-0.15, -0.1) is 0 Å². The summed E-state index contributed by atoms with van der Waals surface area (Å²) in [6.07, 6.45) is 9.03. The maximum Gasteiger partial charge on any atom is 0.0697 e. The van der Waals surface area contributed by atoms with Crippen LogP contribution in [0, 0.1) is 0 Å². The zero-order valence-corrected chi connectivity index (χ0v) is 10.6. The van der Waals surface area contributed by atoms with Crippen molar-refractivity contribution in [1.29, 1.82) is 0 Å². The first-order valence-corrected chi connectivity index (χ1v) is 6.72. The third-order valence-corrected chi connectivity index (χ3v) is 3.95. The van der Waals surface area contributed by atoms with E-state index in [9.17, 15) is 0 Å². The molecule has 0 radical (unpaired) electrons. The van der Waals surface area contributed by atoms with Gasteiger partial charge in [0.2, 0.25) is 0 Å². The predicted octanol–water partition coefficient (Wildman–Crippen LogP) is 3.03. The molecule has 0 aromatic heterocycles. The summed E-state index contributed by atoms with van der Waals surface area (Å²) in [7, 11) is 0. The molecule has 0 aromatic rings. The Hall–Kier alpha value is -0.340. The average molecular weight is 223 g/mol. The Bertz CT molecular complexity index is 238. The highest BCUT2D eigenvalue weighted by Crippen LogP contribution is 2.38. The van der Waals surface area contributed by atoms with E-state index in [1.165, 1.54) is 44.1 Å². The Morgan fingerprint density at radius 3 is 2.81 bits per heavy atom. The minimum absolute atomic E-state index is 0.225. The van der Waals surface area contributed by atoms with E-state index in [0.29, 0.717) is 6.04 Å². The maximum absolute atomic E-state index is 6.08. The van der Waals surface area contributed by atoms with Crippen molar-refractivity contribution in [2.45, 2.75) is 63.5 Å². The third kappa shape index (κ3) is 3.08. The maximum atomic E-state index is 6.08. The third-order valence-electron chi connectivity index (χ3n) is 3.95. The molecule has 2 heteroatoms. The first kappa shape index (κ1) is 12.1. The van der Waals surface area contributed by atoms with Crippen LogP contribution >= 0.6 is 0 Å². The lowest BCUT2D eigenvalue weighted by Crippen LogP contribution is -2.48. The van der Waals surface area contributed by atoms with Gasteiger partial charge in [0.1, 0.15) is 0 Å². The van der Waals surface area contributed by atoms with Crippen LogP contribution < -0.4 is 5.32 Å². The largest absolute Gasteiger partial charge is 0.375 e. The fourth-order valence-corrected chi connectivity index (χ4v) is 3.07. The van der Waals surface area contributed by atoms with Gasteiger partial charge < -0.3 is 10.1 Å². The first-order chi connectivity index (χ1) is 7.70. The van der Waals surface area contributed by atoms with Gasteiger partial charge >= 0.3 is 0 Å². The van der Waals surface area contributed by atoms with E-state index >= 15 is 0 Å². The SMILES string of the molecule is C=C(C)CNC1CCOC2(CCCCC2)C1. The second kappa shape index (κ2) is 5.33. The predicted molar refractivity (Wildman–Crippen MR) is 67.6 cm³/mol. The smallest absolute Gasteiger partial charge is 0.0697 e. The number of ether oxygens (including phenoxy) is 1. The van der Waals surface area contributed by atoms with Gasteiger partial charge in [0, 0.05) is 19.2 Å². The Morgan fingerprint density at radius 2 is 2.12 bits per heavy atom. The van der Waals surface area contributed by atoms with E-state index in [4.69, 9.17) is 4.74 Å². The molecule has 1 unspecified atom stereocenters. The van der Waals surface area contributed by atoms with Crippen molar-refractivity contribution in [3.63, 3.8) is 0 Å². The minimum Gasteiger partial charge on any atom is -0.375 e. The molecule has 2 rings (SSSR count). The van der Waals surface area contributed by atoms with Crippen LogP contribution in [0.4, 0.5) is 0 Å². The summed E-state index contributed by atoms with van der Waals surface area (Å²) in [4.78, 5) is 0. The minimum atomic E-state index is 0.225. The van der Waals surface area contributed by atoms with Gasteiger partial charge in [-0.3, -0.25) is 0 Å².